The summed E-state index contributed by atoms with van der Waals surface area (Å²) in [6.07, 6.45) is 0.688. The highest BCUT2D eigenvalue weighted by molar-refractivity contribution is 7.89. The first kappa shape index (κ1) is 18.8. The molecule has 0 aromatic carbocycles. The summed E-state index contributed by atoms with van der Waals surface area (Å²) in [6, 6.07) is 0. The maximum Gasteiger partial charge on any atom is 0.218 e. The van der Waals surface area contributed by atoms with Gasteiger partial charge in [-0.3, -0.25) is 0 Å². The van der Waals surface area contributed by atoms with Gasteiger partial charge in [0.1, 0.15) is 0 Å². The van der Waals surface area contributed by atoms with Gasteiger partial charge in [0, 0.05) is 40.5 Å². The fourth-order valence-electron chi connectivity index (χ4n) is 1.65. The smallest absolute Gasteiger partial charge is 0.218 e. The van der Waals surface area contributed by atoms with E-state index in [9.17, 15) is 8.42 Å². The number of nitrogens with zero attached hydrogens (tertiary/aromatic N) is 1. The van der Waals surface area contributed by atoms with E-state index in [4.69, 9.17) is 9.47 Å². The molecule has 6 nitrogen and oxygen atoms in total. The molecule has 0 amide bonds. The molecular weight excluding hydrogens is 268 g/mol. The molecule has 1 unspecified atom stereocenters. The zero-order chi connectivity index (χ0) is 14.7. The summed E-state index contributed by atoms with van der Waals surface area (Å²) in [5, 5.41) is 2.63. The average Bonchev–Trinajstić information content (AvgIpc) is 2.39. The van der Waals surface area contributed by atoms with E-state index in [0.29, 0.717) is 39.3 Å². The van der Waals surface area contributed by atoms with Crippen LogP contribution in [0.5, 0.6) is 0 Å². The minimum atomic E-state index is -3.29. The first-order chi connectivity index (χ1) is 9.00. The van der Waals surface area contributed by atoms with Gasteiger partial charge in [0.15, 0.2) is 0 Å². The highest BCUT2D eigenvalue weighted by Crippen LogP contribution is 2.09. The second kappa shape index (κ2) is 10.6. The molecule has 0 fully saturated rings. The van der Waals surface area contributed by atoms with Crippen LogP contribution in [0.25, 0.3) is 0 Å². The molecule has 0 aromatic heterocycles. The fraction of sp³-hybridized carbons (Fsp3) is 1.00. The van der Waals surface area contributed by atoms with Gasteiger partial charge in [0.05, 0.1) is 11.9 Å². The Morgan fingerprint density at radius 3 is 2.32 bits per heavy atom. The van der Waals surface area contributed by atoms with Crippen molar-refractivity contribution < 1.29 is 17.9 Å². The number of ether oxygens (including phenoxy) is 2. The molecule has 0 spiro atoms. The Kier molecular flexibility index (Phi) is 10.4. The Balaban J connectivity index is 4.59. The average molecular weight is 296 g/mol. The highest BCUT2D eigenvalue weighted by Gasteiger charge is 2.27. The molecule has 0 rings (SSSR count). The summed E-state index contributed by atoms with van der Waals surface area (Å²) in [5.41, 5.74) is 0. The molecule has 0 bridgehead atoms. The molecule has 0 aromatic rings. The summed E-state index contributed by atoms with van der Waals surface area (Å²) >= 11 is 0. The van der Waals surface area contributed by atoms with E-state index in [1.54, 1.807) is 21.1 Å². The van der Waals surface area contributed by atoms with Crippen LogP contribution in [0, 0.1) is 0 Å². The van der Waals surface area contributed by atoms with Crippen LogP contribution in [0.2, 0.25) is 0 Å². The first-order valence-electron chi connectivity index (χ1n) is 6.68. The molecule has 0 radical (unpaired) electrons. The number of hydrogen-bond acceptors (Lipinski definition) is 5. The van der Waals surface area contributed by atoms with Gasteiger partial charge in [-0.2, -0.15) is 4.31 Å². The third-order valence-electron chi connectivity index (χ3n) is 2.85. The number of rotatable bonds is 12. The Labute approximate surface area is 117 Å². The highest BCUT2D eigenvalue weighted by atomic mass is 32.2. The van der Waals surface area contributed by atoms with Crippen LogP contribution < -0.4 is 5.32 Å². The predicted octanol–water partition coefficient (Wildman–Crippen LogP) is 0.299. The van der Waals surface area contributed by atoms with Crippen molar-refractivity contribution in [2.24, 2.45) is 0 Å². The summed E-state index contributed by atoms with van der Waals surface area (Å²) in [6.45, 7) is 6.73. The monoisotopic (exact) mass is 296 g/mol. The minimum absolute atomic E-state index is 0.388. The second-order valence-corrected chi connectivity index (χ2v) is 6.75. The van der Waals surface area contributed by atoms with E-state index in [1.165, 1.54) is 4.31 Å². The molecule has 0 saturated carbocycles. The van der Waals surface area contributed by atoms with Crippen LogP contribution in [0.1, 0.15) is 20.3 Å². The maximum atomic E-state index is 12.4. The van der Waals surface area contributed by atoms with Crippen molar-refractivity contribution >= 4 is 10.0 Å². The number of nitrogens with one attached hydrogen (secondary N) is 1. The number of hydrogen-bond donors (Lipinski definition) is 1. The Hall–Kier alpha value is -0.210. The van der Waals surface area contributed by atoms with Crippen LogP contribution in [0.3, 0.4) is 0 Å². The van der Waals surface area contributed by atoms with E-state index in [2.05, 4.69) is 5.32 Å². The van der Waals surface area contributed by atoms with Gasteiger partial charge in [0.2, 0.25) is 10.0 Å². The summed E-state index contributed by atoms with van der Waals surface area (Å²) < 4.78 is 36.3. The molecule has 0 aliphatic carbocycles. The van der Waals surface area contributed by atoms with E-state index < -0.39 is 15.3 Å². The van der Waals surface area contributed by atoms with Crippen molar-refractivity contribution in [1.29, 1.82) is 0 Å². The Morgan fingerprint density at radius 2 is 1.79 bits per heavy atom. The van der Waals surface area contributed by atoms with Gasteiger partial charge in [0.25, 0.3) is 0 Å². The largest absolute Gasteiger partial charge is 0.385 e. The normalized spacial score (nSPS) is 13.9. The quantitative estimate of drug-likeness (QED) is 0.525. The topological polar surface area (TPSA) is 67.9 Å². The number of methoxy groups -OCH3 is 2. The summed E-state index contributed by atoms with van der Waals surface area (Å²) in [7, 11) is -0.106. The minimum Gasteiger partial charge on any atom is -0.385 e. The zero-order valence-electron chi connectivity index (χ0n) is 12.5. The van der Waals surface area contributed by atoms with Crippen LogP contribution >= 0.6 is 0 Å². The van der Waals surface area contributed by atoms with Gasteiger partial charge in [-0.15, -0.1) is 0 Å². The van der Waals surface area contributed by atoms with Crippen LogP contribution in [0.4, 0.5) is 0 Å². The van der Waals surface area contributed by atoms with Gasteiger partial charge in [-0.25, -0.2) is 8.42 Å². The van der Waals surface area contributed by atoms with Gasteiger partial charge < -0.3 is 14.8 Å². The molecular formula is C12H28N2O4S. The Bertz CT molecular complexity index is 309. The lowest BCUT2D eigenvalue weighted by Gasteiger charge is -2.25. The Morgan fingerprint density at radius 1 is 1.16 bits per heavy atom. The van der Waals surface area contributed by atoms with E-state index in [1.807, 2.05) is 6.92 Å². The maximum absolute atomic E-state index is 12.4. The lowest BCUT2D eigenvalue weighted by Crippen LogP contribution is -2.44. The first-order valence-corrected chi connectivity index (χ1v) is 8.18. The summed E-state index contributed by atoms with van der Waals surface area (Å²) in [5.74, 6) is 0. The van der Waals surface area contributed by atoms with Crippen molar-refractivity contribution in [3.05, 3.63) is 0 Å². The SMILES string of the molecule is CCNCC(C)S(=O)(=O)N(CCCOC)CCOC. The van der Waals surface area contributed by atoms with Crippen molar-refractivity contribution in [2.45, 2.75) is 25.5 Å². The molecule has 19 heavy (non-hydrogen) atoms. The molecule has 116 valence electrons. The molecule has 0 heterocycles. The van der Waals surface area contributed by atoms with Gasteiger partial charge in [-0.1, -0.05) is 6.92 Å². The van der Waals surface area contributed by atoms with Crippen molar-refractivity contribution in [3.8, 4) is 0 Å². The predicted molar refractivity (Wildman–Crippen MR) is 76.9 cm³/mol. The van der Waals surface area contributed by atoms with Gasteiger partial charge in [-0.05, 0) is 19.9 Å². The van der Waals surface area contributed by atoms with Crippen LogP contribution in [-0.2, 0) is 19.5 Å². The fourth-order valence-corrected chi connectivity index (χ4v) is 3.20. The third kappa shape index (κ3) is 7.22. The third-order valence-corrected chi connectivity index (χ3v) is 5.12. The van der Waals surface area contributed by atoms with Crippen LogP contribution in [0.15, 0.2) is 0 Å². The number of sulfonamides is 1. The van der Waals surface area contributed by atoms with E-state index >= 15 is 0 Å². The van der Waals surface area contributed by atoms with Crippen molar-refractivity contribution in [3.63, 3.8) is 0 Å². The standard InChI is InChI=1S/C12H28N2O4S/c1-5-13-11-12(2)19(15,16)14(8-10-18-4)7-6-9-17-3/h12-13H,5-11H2,1-4H3. The van der Waals surface area contributed by atoms with Crippen molar-refractivity contribution in [2.75, 3.05) is 53.6 Å². The second-order valence-electron chi connectivity index (χ2n) is 4.40. The molecule has 1 atom stereocenters. The molecule has 0 aliphatic rings. The van der Waals surface area contributed by atoms with Crippen LogP contribution in [-0.4, -0.2) is 71.6 Å². The van der Waals surface area contributed by atoms with E-state index in [0.717, 1.165) is 6.54 Å². The zero-order valence-corrected chi connectivity index (χ0v) is 13.3. The van der Waals surface area contributed by atoms with Gasteiger partial charge >= 0.3 is 0 Å². The molecule has 1 N–H and O–H groups in total. The molecule has 0 saturated heterocycles. The van der Waals surface area contributed by atoms with Crippen molar-refractivity contribution in [1.82, 2.24) is 9.62 Å². The summed E-state index contributed by atoms with van der Waals surface area (Å²) in [4.78, 5) is 0. The lowest BCUT2D eigenvalue weighted by atomic mass is 10.4. The lowest BCUT2D eigenvalue weighted by molar-refractivity contribution is 0.164. The molecule has 7 heteroatoms. The van der Waals surface area contributed by atoms with E-state index in [-0.39, 0.29) is 0 Å². The molecule has 0 aliphatic heterocycles.